The summed E-state index contributed by atoms with van der Waals surface area (Å²) in [7, 11) is -2.84. The highest BCUT2D eigenvalue weighted by Gasteiger charge is 2.37. The minimum Gasteiger partial charge on any atom is -0.306 e. The SMILES string of the molecule is Cc1nc(C)c(CNC2(C)CCS(=O)(=O)C2)s1. The largest absolute Gasteiger partial charge is 0.306 e. The van der Waals surface area contributed by atoms with Crippen LogP contribution in [0, 0.1) is 13.8 Å². The van der Waals surface area contributed by atoms with Gasteiger partial charge in [-0.3, -0.25) is 0 Å². The Hall–Kier alpha value is -0.460. The highest BCUT2D eigenvalue weighted by molar-refractivity contribution is 7.91. The quantitative estimate of drug-likeness (QED) is 0.906. The molecule has 1 aliphatic rings. The summed E-state index contributed by atoms with van der Waals surface area (Å²) in [5.41, 5.74) is 0.771. The van der Waals surface area contributed by atoms with Gasteiger partial charge >= 0.3 is 0 Å². The van der Waals surface area contributed by atoms with Crippen molar-refractivity contribution in [1.29, 1.82) is 0 Å². The number of aryl methyl sites for hydroxylation is 2. The van der Waals surface area contributed by atoms with Gasteiger partial charge < -0.3 is 5.32 Å². The second-order valence-electron chi connectivity index (χ2n) is 5.00. The van der Waals surface area contributed by atoms with Gasteiger partial charge in [-0.1, -0.05) is 0 Å². The summed E-state index contributed by atoms with van der Waals surface area (Å²) in [5.74, 6) is 0.550. The van der Waals surface area contributed by atoms with Crippen LogP contribution in [-0.4, -0.2) is 30.4 Å². The third-order valence-corrected chi connectivity index (χ3v) is 6.15. The van der Waals surface area contributed by atoms with E-state index in [1.165, 1.54) is 4.88 Å². The van der Waals surface area contributed by atoms with Crippen LogP contribution in [0.2, 0.25) is 0 Å². The molecule has 0 bridgehead atoms. The van der Waals surface area contributed by atoms with E-state index in [1.807, 2.05) is 20.8 Å². The van der Waals surface area contributed by atoms with Gasteiger partial charge in [-0.15, -0.1) is 11.3 Å². The lowest BCUT2D eigenvalue weighted by molar-refractivity contribution is 0.397. The van der Waals surface area contributed by atoms with E-state index in [2.05, 4.69) is 10.3 Å². The number of thiazole rings is 1. The Morgan fingerprint density at radius 3 is 2.65 bits per heavy atom. The maximum Gasteiger partial charge on any atom is 0.152 e. The zero-order valence-corrected chi connectivity index (χ0v) is 12.0. The van der Waals surface area contributed by atoms with Crippen molar-refractivity contribution < 1.29 is 8.42 Å². The number of rotatable bonds is 3. The highest BCUT2D eigenvalue weighted by Crippen LogP contribution is 2.24. The first-order valence-electron chi connectivity index (χ1n) is 5.68. The van der Waals surface area contributed by atoms with E-state index < -0.39 is 9.84 Å². The predicted molar refractivity (Wildman–Crippen MR) is 70.1 cm³/mol. The average Bonchev–Trinajstić information content (AvgIpc) is 2.65. The van der Waals surface area contributed by atoms with E-state index in [9.17, 15) is 8.42 Å². The zero-order chi connectivity index (χ0) is 12.7. The van der Waals surface area contributed by atoms with E-state index in [1.54, 1.807) is 11.3 Å². The second-order valence-corrected chi connectivity index (χ2v) is 8.47. The van der Waals surface area contributed by atoms with E-state index in [-0.39, 0.29) is 11.3 Å². The van der Waals surface area contributed by atoms with Crippen molar-refractivity contribution in [2.24, 2.45) is 0 Å². The number of nitrogens with zero attached hydrogens (tertiary/aromatic N) is 1. The Morgan fingerprint density at radius 2 is 2.18 bits per heavy atom. The molecule has 1 fully saturated rings. The molecule has 1 aromatic heterocycles. The van der Waals surface area contributed by atoms with Crippen LogP contribution in [0.3, 0.4) is 0 Å². The number of sulfone groups is 1. The lowest BCUT2D eigenvalue weighted by atomic mass is 10.0. The van der Waals surface area contributed by atoms with Gasteiger partial charge in [0.25, 0.3) is 0 Å². The van der Waals surface area contributed by atoms with Crippen LogP contribution < -0.4 is 5.32 Å². The number of hydrogen-bond acceptors (Lipinski definition) is 5. The monoisotopic (exact) mass is 274 g/mol. The normalized spacial score (nSPS) is 27.5. The Kier molecular flexibility index (Phi) is 3.31. The van der Waals surface area contributed by atoms with E-state index in [0.29, 0.717) is 18.7 Å². The summed E-state index contributed by atoms with van der Waals surface area (Å²) in [6.07, 6.45) is 0.701. The molecule has 1 aliphatic heterocycles. The predicted octanol–water partition coefficient (Wildman–Crippen LogP) is 1.43. The van der Waals surface area contributed by atoms with Crippen molar-refractivity contribution >= 4 is 21.2 Å². The number of aromatic nitrogens is 1. The van der Waals surface area contributed by atoms with Gasteiger partial charge in [-0.25, -0.2) is 13.4 Å². The molecule has 96 valence electrons. The van der Waals surface area contributed by atoms with E-state index >= 15 is 0 Å². The number of nitrogens with one attached hydrogen (secondary N) is 1. The smallest absolute Gasteiger partial charge is 0.152 e. The Labute approximate surface area is 106 Å². The van der Waals surface area contributed by atoms with Gasteiger partial charge in [0.05, 0.1) is 22.2 Å². The molecule has 0 aromatic carbocycles. The van der Waals surface area contributed by atoms with Crippen LogP contribution in [0.1, 0.15) is 28.9 Å². The van der Waals surface area contributed by atoms with E-state index in [4.69, 9.17) is 0 Å². The summed E-state index contributed by atoms with van der Waals surface area (Å²) in [4.78, 5) is 5.57. The Balaban J connectivity index is 2.01. The average molecular weight is 274 g/mol. The fourth-order valence-corrected chi connectivity index (χ4v) is 5.18. The molecular formula is C11H18N2O2S2. The van der Waals surface area contributed by atoms with Crippen molar-refractivity contribution in [2.75, 3.05) is 11.5 Å². The molecule has 1 aromatic rings. The van der Waals surface area contributed by atoms with Crippen LogP contribution >= 0.6 is 11.3 Å². The maximum absolute atomic E-state index is 11.5. The lowest BCUT2D eigenvalue weighted by Crippen LogP contribution is -2.42. The van der Waals surface area contributed by atoms with Crippen molar-refractivity contribution in [1.82, 2.24) is 10.3 Å². The lowest BCUT2D eigenvalue weighted by Gasteiger charge is -2.23. The molecule has 1 N–H and O–H groups in total. The van der Waals surface area contributed by atoms with Gasteiger partial charge in [-0.2, -0.15) is 0 Å². The minimum absolute atomic E-state index is 0.247. The molecule has 1 saturated heterocycles. The van der Waals surface area contributed by atoms with Crippen LogP contribution in [0.25, 0.3) is 0 Å². The molecule has 0 saturated carbocycles. The molecule has 0 aliphatic carbocycles. The Morgan fingerprint density at radius 1 is 1.47 bits per heavy atom. The standard InChI is InChI=1S/C11H18N2O2S2/c1-8-10(16-9(2)13-8)6-12-11(3)4-5-17(14,15)7-11/h12H,4-7H2,1-3H3. The molecule has 4 nitrogen and oxygen atoms in total. The van der Waals surface area contributed by atoms with Crippen LogP contribution in [0.15, 0.2) is 0 Å². The molecule has 2 rings (SSSR count). The maximum atomic E-state index is 11.5. The molecule has 1 atom stereocenters. The first kappa shape index (κ1) is 13.0. The van der Waals surface area contributed by atoms with Gasteiger partial charge in [0.1, 0.15) is 0 Å². The van der Waals surface area contributed by atoms with Crippen LogP contribution in [0.5, 0.6) is 0 Å². The molecule has 6 heteroatoms. The third-order valence-electron chi connectivity index (χ3n) is 3.18. The van der Waals surface area contributed by atoms with Gasteiger partial charge in [0.15, 0.2) is 9.84 Å². The molecule has 17 heavy (non-hydrogen) atoms. The van der Waals surface area contributed by atoms with E-state index in [0.717, 1.165) is 10.7 Å². The molecule has 0 spiro atoms. The van der Waals surface area contributed by atoms with Gasteiger partial charge in [0, 0.05) is 17.0 Å². The summed E-state index contributed by atoms with van der Waals surface area (Å²) in [6.45, 7) is 6.68. The summed E-state index contributed by atoms with van der Waals surface area (Å²) >= 11 is 1.67. The van der Waals surface area contributed by atoms with Crippen molar-refractivity contribution in [3.8, 4) is 0 Å². The van der Waals surface area contributed by atoms with Crippen molar-refractivity contribution in [3.05, 3.63) is 15.6 Å². The fourth-order valence-electron chi connectivity index (χ4n) is 2.18. The second kappa shape index (κ2) is 4.33. The third kappa shape index (κ3) is 3.05. The first-order valence-corrected chi connectivity index (χ1v) is 8.32. The fraction of sp³-hybridized carbons (Fsp3) is 0.727. The number of hydrogen-bond donors (Lipinski definition) is 1. The molecular weight excluding hydrogens is 256 g/mol. The van der Waals surface area contributed by atoms with Crippen LogP contribution in [-0.2, 0) is 16.4 Å². The first-order chi connectivity index (χ1) is 7.80. The summed E-state index contributed by atoms with van der Waals surface area (Å²) in [6, 6.07) is 0. The molecule has 2 heterocycles. The van der Waals surface area contributed by atoms with Crippen molar-refractivity contribution in [2.45, 2.75) is 39.3 Å². The molecule has 0 amide bonds. The zero-order valence-electron chi connectivity index (χ0n) is 10.4. The van der Waals surface area contributed by atoms with Crippen LogP contribution in [0.4, 0.5) is 0 Å². The van der Waals surface area contributed by atoms with Gasteiger partial charge in [-0.05, 0) is 27.2 Å². The summed E-state index contributed by atoms with van der Waals surface area (Å²) in [5, 5.41) is 4.43. The molecule has 0 radical (unpaired) electrons. The minimum atomic E-state index is -2.84. The summed E-state index contributed by atoms with van der Waals surface area (Å²) < 4.78 is 23.0. The topological polar surface area (TPSA) is 59.1 Å². The van der Waals surface area contributed by atoms with Gasteiger partial charge in [0.2, 0.25) is 0 Å². The van der Waals surface area contributed by atoms with Crippen molar-refractivity contribution in [3.63, 3.8) is 0 Å². The highest BCUT2D eigenvalue weighted by atomic mass is 32.2. The molecule has 1 unspecified atom stereocenters. The Bertz CT molecular complexity index is 522.